The number of carbonyl (C=O) groups is 1. The molecule has 1 saturated heterocycles. The van der Waals surface area contributed by atoms with E-state index in [0.29, 0.717) is 11.2 Å². The molecule has 3 rings (SSSR count). The Kier molecular flexibility index (Phi) is 5.01. The number of aliphatic hydroxyl groups is 1. The summed E-state index contributed by atoms with van der Waals surface area (Å²) in [6, 6.07) is 0. The van der Waals surface area contributed by atoms with Crippen molar-refractivity contribution in [1.29, 1.82) is 0 Å². The number of halogens is 6. The summed E-state index contributed by atoms with van der Waals surface area (Å²) >= 11 is 0. The van der Waals surface area contributed by atoms with Crippen LogP contribution in [0.3, 0.4) is 0 Å². The van der Waals surface area contributed by atoms with E-state index in [2.05, 4.69) is 20.5 Å². The molecule has 1 aliphatic heterocycles. The summed E-state index contributed by atoms with van der Waals surface area (Å²) in [4.78, 5) is 11.4. The van der Waals surface area contributed by atoms with Crippen LogP contribution in [-0.4, -0.2) is 56.8 Å². The second-order valence-electron chi connectivity index (χ2n) is 6.05. The molecule has 2 aliphatic rings. The molecule has 0 amide bonds. The number of alkyl halides is 6. The monoisotopic (exact) mass is 376 g/mol. The number of aliphatic carboxylic acids is 1. The minimum absolute atomic E-state index is 0.133. The fraction of sp³-hybridized carbons (Fsp3) is 0.750. The number of aromatic nitrogens is 3. The van der Waals surface area contributed by atoms with Gasteiger partial charge in [0.1, 0.15) is 5.82 Å². The highest BCUT2D eigenvalue weighted by Gasteiger charge is 2.50. The van der Waals surface area contributed by atoms with Crippen molar-refractivity contribution in [1.82, 2.24) is 20.5 Å². The van der Waals surface area contributed by atoms with Crippen molar-refractivity contribution in [3.05, 3.63) is 11.6 Å². The summed E-state index contributed by atoms with van der Waals surface area (Å²) in [7, 11) is 0. The fourth-order valence-electron chi connectivity index (χ4n) is 2.70. The molecule has 0 bridgehead atoms. The van der Waals surface area contributed by atoms with Crippen molar-refractivity contribution in [2.75, 3.05) is 13.1 Å². The molecular formula is C12H14F6N4O3. The lowest BCUT2D eigenvalue weighted by Crippen LogP contribution is -2.59. The average Bonchev–Trinajstić information content (AvgIpc) is 2.82. The summed E-state index contributed by atoms with van der Waals surface area (Å²) in [5.41, 5.74) is 0.320. The molecule has 25 heavy (non-hydrogen) atoms. The molecule has 0 aromatic carbocycles. The normalized spacial score (nSPS) is 20.9. The van der Waals surface area contributed by atoms with Crippen LogP contribution < -0.4 is 5.32 Å². The zero-order chi connectivity index (χ0) is 19.0. The van der Waals surface area contributed by atoms with Crippen LogP contribution in [0.15, 0.2) is 0 Å². The van der Waals surface area contributed by atoms with Crippen molar-refractivity contribution in [2.24, 2.45) is 5.41 Å². The number of carboxylic acid groups (broad SMARTS) is 1. The first-order valence-corrected chi connectivity index (χ1v) is 7.02. The van der Waals surface area contributed by atoms with Gasteiger partial charge in [0.05, 0.1) is 0 Å². The molecular weight excluding hydrogens is 362 g/mol. The number of nitrogens with zero attached hydrogens (tertiary/aromatic N) is 2. The zero-order valence-corrected chi connectivity index (χ0v) is 12.4. The zero-order valence-electron chi connectivity index (χ0n) is 12.4. The SMILES string of the molecule is O=C(O)C(F)(F)F.OC(c1nnc(C2CC3(CNC3)C2)[nH]1)C(F)(F)F. The molecule has 7 nitrogen and oxygen atoms in total. The first-order chi connectivity index (χ1) is 11.3. The second-order valence-corrected chi connectivity index (χ2v) is 6.05. The summed E-state index contributed by atoms with van der Waals surface area (Å²) < 4.78 is 68.6. The molecule has 1 unspecified atom stereocenters. The van der Waals surface area contributed by atoms with E-state index in [9.17, 15) is 26.3 Å². The third kappa shape index (κ3) is 4.39. The standard InChI is InChI=1S/C10H13F3N4O.C2HF3O2/c11-10(12,13)6(18)8-15-7(16-17-8)5-1-9(2-5)3-14-4-9;3-2(4,5)1(6)7/h5-6,14,18H,1-4H2,(H,15,16,17);(H,6,7). The van der Waals surface area contributed by atoms with Crippen molar-refractivity contribution in [2.45, 2.75) is 37.2 Å². The molecule has 0 radical (unpaired) electrons. The van der Waals surface area contributed by atoms with E-state index in [1.165, 1.54) is 0 Å². The Morgan fingerprint density at radius 3 is 2.04 bits per heavy atom. The number of aromatic amines is 1. The van der Waals surface area contributed by atoms with Crippen molar-refractivity contribution >= 4 is 5.97 Å². The average molecular weight is 376 g/mol. The Morgan fingerprint density at radius 2 is 1.68 bits per heavy atom. The molecule has 2 fully saturated rings. The van der Waals surface area contributed by atoms with Crippen LogP contribution in [0.1, 0.15) is 36.5 Å². The van der Waals surface area contributed by atoms with Gasteiger partial charge >= 0.3 is 18.3 Å². The molecule has 1 spiro atoms. The maximum Gasteiger partial charge on any atom is 0.490 e. The molecule has 1 aromatic rings. The van der Waals surface area contributed by atoms with Crippen LogP contribution in [0.2, 0.25) is 0 Å². The summed E-state index contributed by atoms with van der Waals surface area (Å²) in [6.07, 6.45) is -10.6. The van der Waals surface area contributed by atoms with Gasteiger partial charge in [0.15, 0.2) is 5.82 Å². The van der Waals surface area contributed by atoms with Gasteiger partial charge < -0.3 is 20.5 Å². The number of nitrogens with one attached hydrogen (secondary N) is 2. The Hall–Kier alpha value is -1.89. The highest BCUT2D eigenvalue weighted by molar-refractivity contribution is 5.73. The van der Waals surface area contributed by atoms with Gasteiger partial charge in [-0.05, 0) is 18.3 Å². The van der Waals surface area contributed by atoms with Crippen molar-refractivity contribution < 1.29 is 41.4 Å². The van der Waals surface area contributed by atoms with Crippen LogP contribution in [-0.2, 0) is 4.79 Å². The number of hydrogen-bond acceptors (Lipinski definition) is 5. The number of rotatable bonds is 2. The second kappa shape index (κ2) is 6.44. The Labute approximate surface area is 136 Å². The highest BCUT2D eigenvalue weighted by atomic mass is 19.4. The summed E-state index contributed by atoms with van der Waals surface area (Å²) in [6.45, 7) is 1.94. The van der Waals surface area contributed by atoms with E-state index in [1.807, 2.05) is 0 Å². The largest absolute Gasteiger partial charge is 0.490 e. The number of hydrogen-bond donors (Lipinski definition) is 4. The number of carboxylic acids is 1. The quantitative estimate of drug-likeness (QED) is 0.582. The maximum absolute atomic E-state index is 12.3. The van der Waals surface area contributed by atoms with Gasteiger partial charge in [-0.15, -0.1) is 10.2 Å². The lowest BCUT2D eigenvalue weighted by Gasteiger charge is -2.53. The van der Waals surface area contributed by atoms with E-state index in [-0.39, 0.29) is 5.92 Å². The smallest absolute Gasteiger partial charge is 0.475 e. The topological polar surface area (TPSA) is 111 Å². The van der Waals surface area contributed by atoms with Gasteiger partial charge in [-0.25, -0.2) is 4.79 Å². The van der Waals surface area contributed by atoms with Gasteiger partial charge in [0.25, 0.3) is 0 Å². The lowest BCUT2D eigenvalue weighted by atomic mass is 9.58. The maximum atomic E-state index is 12.3. The van der Waals surface area contributed by atoms with E-state index in [1.54, 1.807) is 0 Å². The Bertz CT molecular complexity index is 617. The number of aliphatic hydroxyl groups excluding tert-OH is 1. The molecule has 142 valence electrons. The third-order valence-electron chi connectivity index (χ3n) is 4.08. The molecule has 1 aliphatic carbocycles. The molecule has 1 atom stereocenters. The Balaban J connectivity index is 0.000000277. The van der Waals surface area contributed by atoms with Crippen molar-refractivity contribution in [3.63, 3.8) is 0 Å². The van der Waals surface area contributed by atoms with Crippen molar-refractivity contribution in [3.8, 4) is 0 Å². The van der Waals surface area contributed by atoms with Crippen LogP contribution in [0.4, 0.5) is 26.3 Å². The van der Waals surface area contributed by atoms with E-state index in [0.717, 1.165) is 25.9 Å². The number of H-pyrrole nitrogens is 1. The molecule has 2 heterocycles. The van der Waals surface area contributed by atoms with Crippen LogP contribution >= 0.6 is 0 Å². The van der Waals surface area contributed by atoms with Gasteiger partial charge in [-0.3, -0.25) is 0 Å². The van der Waals surface area contributed by atoms with Crippen LogP contribution in [0.5, 0.6) is 0 Å². The summed E-state index contributed by atoms with van der Waals surface area (Å²) in [5, 5.41) is 26.4. The van der Waals surface area contributed by atoms with Gasteiger partial charge in [0.2, 0.25) is 6.10 Å². The van der Waals surface area contributed by atoms with Crippen LogP contribution in [0, 0.1) is 5.41 Å². The fourth-order valence-corrected chi connectivity index (χ4v) is 2.70. The minimum Gasteiger partial charge on any atom is -0.475 e. The van der Waals surface area contributed by atoms with Gasteiger partial charge in [-0.2, -0.15) is 26.3 Å². The summed E-state index contributed by atoms with van der Waals surface area (Å²) in [5.74, 6) is -2.70. The molecule has 1 saturated carbocycles. The highest BCUT2D eigenvalue weighted by Crippen LogP contribution is 2.52. The third-order valence-corrected chi connectivity index (χ3v) is 4.08. The first kappa shape index (κ1) is 19.4. The van der Waals surface area contributed by atoms with E-state index < -0.39 is 30.3 Å². The van der Waals surface area contributed by atoms with E-state index >= 15 is 0 Å². The molecule has 1 aromatic heterocycles. The van der Waals surface area contributed by atoms with Crippen LogP contribution in [0.25, 0.3) is 0 Å². The predicted octanol–water partition coefficient (Wildman–Crippen LogP) is 1.50. The molecule has 4 N–H and O–H groups in total. The Morgan fingerprint density at radius 1 is 1.16 bits per heavy atom. The lowest BCUT2D eigenvalue weighted by molar-refractivity contribution is -0.209. The van der Waals surface area contributed by atoms with E-state index in [4.69, 9.17) is 15.0 Å². The molecule has 13 heteroatoms. The first-order valence-electron chi connectivity index (χ1n) is 7.02. The predicted molar refractivity (Wildman–Crippen MR) is 68.4 cm³/mol. The minimum atomic E-state index is -5.08. The van der Waals surface area contributed by atoms with Gasteiger partial charge in [-0.1, -0.05) is 0 Å². The van der Waals surface area contributed by atoms with Gasteiger partial charge in [0, 0.05) is 19.0 Å².